The first-order chi connectivity index (χ1) is 14.5. The van der Waals surface area contributed by atoms with Gasteiger partial charge in [0.1, 0.15) is 6.54 Å². The standard InChI is InChI=1S/C24H39NO5/c1-3-4-7-10-19(26)13-14-21-20(18-15-22(21)30-17-18)11-8-5-6-9-12-23(27)25-16-24(28)29-2/h5,8,13-14,18-22,26H,3-4,6-7,9-12,15-17H2,1-2H3,(H,25,27)/b8-5-,14-13+/t18-,19-,20+,21-,22-/m1/s1. The molecule has 1 aliphatic heterocycles. The number of ether oxygens (including phenoxy) is 2. The van der Waals surface area contributed by atoms with Crippen molar-refractivity contribution >= 4 is 11.9 Å². The molecule has 0 radical (unpaired) electrons. The lowest BCUT2D eigenvalue weighted by Crippen LogP contribution is -2.29. The van der Waals surface area contributed by atoms with Gasteiger partial charge in [0.05, 0.1) is 25.9 Å². The average Bonchev–Trinajstić information content (AvgIpc) is 3.35. The van der Waals surface area contributed by atoms with Gasteiger partial charge in [0.2, 0.25) is 5.91 Å². The minimum absolute atomic E-state index is 0.0698. The average molecular weight is 422 g/mol. The number of hydrogen-bond donors (Lipinski definition) is 2. The molecule has 2 aliphatic rings. The van der Waals surface area contributed by atoms with Gasteiger partial charge in [-0.15, -0.1) is 0 Å². The van der Waals surface area contributed by atoms with Gasteiger partial charge >= 0.3 is 5.97 Å². The topological polar surface area (TPSA) is 84.9 Å². The number of rotatable bonds is 14. The van der Waals surface area contributed by atoms with E-state index in [4.69, 9.17) is 4.74 Å². The Kier molecular flexibility index (Phi) is 11.2. The fourth-order valence-electron chi connectivity index (χ4n) is 4.49. The highest BCUT2D eigenvalue weighted by Gasteiger charge is 2.46. The van der Waals surface area contributed by atoms with Crippen LogP contribution in [0.5, 0.6) is 0 Å². The Balaban J connectivity index is 1.68. The van der Waals surface area contributed by atoms with Crippen molar-refractivity contribution in [3.63, 3.8) is 0 Å². The Morgan fingerprint density at radius 3 is 2.87 bits per heavy atom. The summed E-state index contributed by atoms with van der Waals surface area (Å²) in [5.74, 6) is 1.01. The van der Waals surface area contributed by atoms with Crippen LogP contribution < -0.4 is 5.32 Å². The number of amides is 1. The van der Waals surface area contributed by atoms with Crippen LogP contribution in [-0.4, -0.2) is 49.5 Å². The molecule has 0 unspecified atom stereocenters. The molecular weight excluding hydrogens is 382 g/mol. The minimum atomic E-state index is -0.435. The van der Waals surface area contributed by atoms with E-state index in [2.05, 4.69) is 35.2 Å². The summed E-state index contributed by atoms with van der Waals surface area (Å²) in [5.41, 5.74) is 0. The Hall–Kier alpha value is -1.66. The van der Waals surface area contributed by atoms with Crippen LogP contribution in [0.3, 0.4) is 0 Å². The predicted molar refractivity (Wildman–Crippen MR) is 117 cm³/mol. The van der Waals surface area contributed by atoms with Gasteiger partial charge in [0.15, 0.2) is 0 Å². The third-order valence-corrected chi connectivity index (χ3v) is 6.25. The fourth-order valence-corrected chi connectivity index (χ4v) is 4.49. The van der Waals surface area contributed by atoms with E-state index in [1.165, 1.54) is 20.0 Å². The third-order valence-electron chi connectivity index (χ3n) is 6.25. The number of hydrogen-bond acceptors (Lipinski definition) is 5. The molecule has 2 rings (SSSR count). The number of unbranched alkanes of at least 4 members (excludes halogenated alkanes) is 3. The van der Waals surface area contributed by atoms with Crippen molar-refractivity contribution in [3.05, 3.63) is 24.3 Å². The monoisotopic (exact) mass is 421 g/mol. The quantitative estimate of drug-likeness (QED) is 0.255. The summed E-state index contributed by atoms with van der Waals surface area (Å²) in [7, 11) is 1.30. The molecule has 2 fully saturated rings. The van der Waals surface area contributed by atoms with Gasteiger partial charge in [-0.2, -0.15) is 0 Å². The predicted octanol–water partition coefficient (Wildman–Crippen LogP) is 3.54. The number of esters is 1. The van der Waals surface area contributed by atoms with Gasteiger partial charge in [0.25, 0.3) is 0 Å². The molecule has 170 valence electrons. The van der Waals surface area contributed by atoms with E-state index in [1.54, 1.807) is 0 Å². The molecule has 0 spiro atoms. The number of carbonyl (C=O) groups is 2. The van der Waals surface area contributed by atoms with Crippen LogP contribution in [0.1, 0.15) is 64.7 Å². The summed E-state index contributed by atoms with van der Waals surface area (Å²) in [6.07, 6.45) is 16.9. The van der Waals surface area contributed by atoms with Crippen molar-refractivity contribution in [2.24, 2.45) is 17.8 Å². The van der Waals surface area contributed by atoms with E-state index in [9.17, 15) is 14.7 Å². The first kappa shape index (κ1) is 24.6. The zero-order valence-electron chi connectivity index (χ0n) is 18.6. The van der Waals surface area contributed by atoms with Gasteiger partial charge in [0, 0.05) is 12.3 Å². The molecule has 1 saturated heterocycles. The molecule has 0 aromatic rings. The fraction of sp³-hybridized carbons (Fsp3) is 0.750. The molecule has 1 heterocycles. The Labute approximate surface area is 181 Å². The Morgan fingerprint density at radius 1 is 1.27 bits per heavy atom. The molecule has 6 nitrogen and oxygen atoms in total. The maximum atomic E-state index is 11.7. The first-order valence-electron chi connectivity index (χ1n) is 11.5. The first-order valence-corrected chi connectivity index (χ1v) is 11.5. The number of carbonyl (C=O) groups excluding carboxylic acids is 2. The van der Waals surface area contributed by atoms with Crippen LogP contribution in [0.4, 0.5) is 0 Å². The zero-order chi connectivity index (χ0) is 21.8. The molecule has 30 heavy (non-hydrogen) atoms. The van der Waals surface area contributed by atoms with Crippen LogP contribution in [0.2, 0.25) is 0 Å². The third kappa shape index (κ3) is 8.23. The number of aliphatic hydroxyl groups excluding tert-OH is 1. The molecule has 1 saturated carbocycles. The maximum Gasteiger partial charge on any atom is 0.325 e. The summed E-state index contributed by atoms with van der Waals surface area (Å²) in [4.78, 5) is 22.7. The van der Waals surface area contributed by atoms with Crippen LogP contribution in [0.25, 0.3) is 0 Å². The van der Waals surface area contributed by atoms with Gasteiger partial charge in [-0.25, -0.2) is 0 Å². The van der Waals surface area contributed by atoms with Crippen LogP contribution in [0.15, 0.2) is 24.3 Å². The summed E-state index contributed by atoms with van der Waals surface area (Å²) in [6.45, 7) is 2.96. The molecule has 1 aliphatic carbocycles. The van der Waals surface area contributed by atoms with Crippen molar-refractivity contribution in [2.75, 3.05) is 20.3 Å². The smallest absolute Gasteiger partial charge is 0.325 e. The highest BCUT2D eigenvalue weighted by Crippen LogP contribution is 2.47. The SMILES string of the molecule is CCCCC[C@@H](O)/C=C/[C@@H]1[C@@H](C/C=C\CCCC(=O)NCC(=O)OC)[C@H]2CO[C@@H]1C2. The highest BCUT2D eigenvalue weighted by atomic mass is 16.5. The van der Waals surface area contributed by atoms with Crippen LogP contribution >= 0.6 is 0 Å². The maximum absolute atomic E-state index is 11.7. The molecule has 0 aromatic heterocycles. The summed E-state index contributed by atoms with van der Waals surface area (Å²) < 4.78 is 10.4. The van der Waals surface area contributed by atoms with Crippen molar-refractivity contribution < 1.29 is 24.2 Å². The number of methoxy groups -OCH3 is 1. The number of fused-ring (bicyclic) bond motifs is 2. The molecule has 0 aromatic carbocycles. The Morgan fingerprint density at radius 2 is 2.10 bits per heavy atom. The summed E-state index contributed by atoms with van der Waals surface area (Å²) in [5, 5.41) is 12.7. The second kappa shape index (κ2) is 13.6. The lowest BCUT2D eigenvalue weighted by atomic mass is 9.84. The highest BCUT2D eigenvalue weighted by molar-refractivity contribution is 5.81. The zero-order valence-corrected chi connectivity index (χ0v) is 18.6. The van der Waals surface area contributed by atoms with Crippen molar-refractivity contribution in [1.29, 1.82) is 0 Å². The summed E-state index contributed by atoms with van der Waals surface area (Å²) in [6, 6.07) is 0. The molecule has 6 heteroatoms. The normalized spacial score (nSPS) is 26.5. The molecule has 2 bridgehead atoms. The van der Waals surface area contributed by atoms with E-state index >= 15 is 0 Å². The molecular formula is C24H39NO5. The molecule has 2 N–H and O–H groups in total. The van der Waals surface area contributed by atoms with Crippen LogP contribution in [-0.2, 0) is 19.1 Å². The van der Waals surface area contributed by atoms with Crippen LogP contribution in [0, 0.1) is 17.8 Å². The number of aliphatic hydroxyl groups is 1. The van der Waals surface area contributed by atoms with Crippen molar-refractivity contribution in [1.82, 2.24) is 5.32 Å². The van der Waals surface area contributed by atoms with Gasteiger partial charge in [-0.1, -0.05) is 50.5 Å². The summed E-state index contributed by atoms with van der Waals surface area (Å²) >= 11 is 0. The van der Waals surface area contributed by atoms with Crippen molar-refractivity contribution in [2.45, 2.75) is 76.9 Å². The van der Waals surface area contributed by atoms with E-state index < -0.39 is 5.97 Å². The van der Waals surface area contributed by atoms with E-state index in [0.717, 1.165) is 45.1 Å². The largest absolute Gasteiger partial charge is 0.468 e. The lowest BCUT2D eigenvalue weighted by molar-refractivity contribution is -0.141. The number of nitrogens with one attached hydrogen (secondary N) is 1. The van der Waals surface area contributed by atoms with E-state index in [0.29, 0.717) is 30.3 Å². The van der Waals surface area contributed by atoms with E-state index in [-0.39, 0.29) is 18.6 Å². The second-order valence-electron chi connectivity index (χ2n) is 8.51. The van der Waals surface area contributed by atoms with Gasteiger partial charge in [-0.05, 0) is 43.9 Å². The van der Waals surface area contributed by atoms with Gasteiger partial charge < -0.3 is 19.9 Å². The minimum Gasteiger partial charge on any atom is -0.468 e. The van der Waals surface area contributed by atoms with Crippen molar-refractivity contribution in [3.8, 4) is 0 Å². The van der Waals surface area contributed by atoms with Gasteiger partial charge in [-0.3, -0.25) is 9.59 Å². The molecule has 1 amide bonds. The molecule has 5 atom stereocenters. The number of allylic oxidation sites excluding steroid dienone is 2. The second-order valence-corrected chi connectivity index (χ2v) is 8.51. The Bertz CT molecular complexity index is 588. The lowest BCUT2D eigenvalue weighted by Gasteiger charge is -2.28. The van der Waals surface area contributed by atoms with E-state index in [1.807, 2.05) is 6.08 Å².